The van der Waals surface area contributed by atoms with Crippen molar-refractivity contribution in [3.05, 3.63) is 12.4 Å². The monoisotopic (exact) mass is 179 g/mol. The Kier molecular flexibility index (Phi) is 2.25. The lowest BCUT2D eigenvalue weighted by molar-refractivity contribution is 0.498. The highest BCUT2D eigenvalue weighted by molar-refractivity contribution is 5.25. The molecule has 1 N–H and O–H groups in total. The van der Waals surface area contributed by atoms with Gasteiger partial charge in [-0.15, -0.1) is 0 Å². The lowest BCUT2D eigenvalue weighted by atomic mass is 10.1. The van der Waals surface area contributed by atoms with Crippen LogP contribution in [-0.4, -0.2) is 16.6 Å². The van der Waals surface area contributed by atoms with Gasteiger partial charge in [0.25, 0.3) is 0 Å². The van der Waals surface area contributed by atoms with Crippen LogP contribution in [0.3, 0.4) is 0 Å². The highest BCUT2D eigenvalue weighted by Gasteiger charge is 2.23. The third-order valence-corrected chi connectivity index (χ3v) is 2.95. The summed E-state index contributed by atoms with van der Waals surface area (Å²) in [5.41, 5.74) is 0. The molecule has 13 heavy (non-hydrogen) atoms. The fourth-order valence-corrected chi connectivity index (χ4v) is 2.23. The third-order valence-electron chi connectivity index (χ3n) is 2.95. The number of hydrogen-bond acceptors (Lipinski definition) is 2. The van der Waals surface area contributed by atoms with Crippen LogP contribution >= 0.6 is 0 Å². The standard InChI is InChI=1S/C10H17N3/c1-8-3-4-9(7-8)13-6-5-12-10(13)11-2/h5-6,8-9H,3-4,7H2,1-2H3,(H,11,12). The smallest absolute Gasteiger partial charge is 0.202 e. The fourth-order valence-electron chi connectivity index (χ4n) is 2.23. The van der Waals surface area contributed by atoms with Crippen molar-refractivity contribution in [1.29, 1.82) is 0 Å². The molecular formula is C10H17N3. The largest absolute Gasteiger partial charge is 0.359 e. The van der Waals surface area contributed by atoms with Crippen molar-refractivity contribution in [2.24, 2.45) is 5.92 Å². The van der Waals surface area contributed by atoms with E-state index in [1.165, 1.54) is 19.3 Å². The second-order valence-electron chi connectivity index (χ2n) is 3.98. The Morgan fingerprint density at radius 3 is 3.00 bits per heavy atom. The van der Waals surface area contributed by atoms with E-state index in [9.17, 15) is 0 Å². The van der Waals surface area contributed by atoms with Crippen LogP contribution in [0, 0.1) is 5.92 Å². The molecule has 0 amide bonds. The molecule has 1 saturated carbocycles. The Bertz CT molecular complexity index is 279. The highest BCUT2D eigenvalue weighted by atomic mass is 15.2. The maximum atomic E-state index is 4.26. The van der Waals surface area contributed by atoms with E-state index in [0.29, 0.717) is 6.04 Å². The van der Waals surface area contributed by atoms with Crippen LogP contribution in [0.4, 0.5) is 5.95 Å². The number of nitrogens with zero attached hydrogens (tertiary/aromatic N) is 2. The van der Waals surface area contributed by atoms with E-state index in [0.717, 1.165) is 11.9 Å². The zero-order valence-corrected chi connectivity index (χ0v) is 8.33. The third kappa shape index (κ3) is 1.55. The molecule has 1 aliphatic rings. The summed E-state index contributed by atoms with van der Waals surface area (Å²) in [6, 6.07) is 0.667. The van der Waals surface area contributed by atoms with Crippen LogP contribution in [-0.2, 0) is 0 Å². The summed E-state index contributed by atoms with van der Waals surface area (Å²) in [6.45, 7) is 2.33. The van der Waals surface area contributed by atoms with Gasteiger partial charge in [-0.05, 0) is 25.2 Å². The SMILES string of the molecule is CNc1nccn1C1CCC(C)C1. The molecule has 0 spiro atoms. The van der Waals surface area contributed by atoms with Gasteiger partial charge in [-0.3, -0.25) is 0 Å². The molecule has 1 aromatic heterocycles. The van der Waals surface area contributed by atoms with Gasteiger partial charge in [0.05, 0.1) is 0 Å². The number of anilines is 1. The summed E-state index contributed by atoms with van der Waals surface area (Å²) in [4.78, 5) is 4.26. The quantitative estimate of drug-likeness (QED) is 0.755. The van der Waals surface area contributed by atoms with Crippen LogP contribution < -0.4 is 5.32 Å². The zero-order chi connectivity index (χ0) is 9.26. The van der Waals surface area contributed by atoms with E-state index in [-0.39, 0.29) is 0 Å². The van der Waals surface area contributed by atoms with Gasteiger partial charge in [-0.25, -0.2) is 4.98 Å². The summed E-state index contributed by atoms with van der Waals surface area (Å²) >= 11 is 0. The highest BCUT2D eigenvalue weighted by Crippen LogP contribution is 2.35. The van der Waals surface area contributed by atoms with Crippen LogP contribution in [0.1, 0.15) is 32.2 Å². The van der Waals surface area contributed by atoms with Crippen molar-refractivity contribution in [3.8, 4) is 0 Å². The van der Waals surface area contributed by atoms with Crippen LogP contribution in [0.2, 0.25) is 0 Å². The second kappa shape index (κ2) is 3.40. The van der Waals surface area contributed by atoms with Gasteiger partial charge in [0, 0.05) is 25.5 Å². The molecule has 0 radical (unpaired) electrons. The Balaban J connectivity index is 2.16. The molecule has 1 aromatic rings. The van der Waals surface area contributed by atoms with Crippen LogP contribution in [0.25, 0.3) is 0 Å². The van der Waals surface area contributed by atoms with Crippen molar-refractivity contribution in [2.45, 2.75) is 32.2 Å². The first-order valence-electron chi connectivity index (χ1n) is 5.02. The Morgan fingerprint density at radius 1 is 1.54 bits per heavy atom. The van der Waals surface area contributed by atoms with Gasteiger partial charge in [-0.1, -0.05) is 6.92 Å². The van der Waals surface area contributed by atoms with Crippen molar-refractivity contribution >= 4 is 5.95 Å². The van der Waals surface area contributed by atoms with Gasteiger partial charge in [0.15, 0.2) is 0 Å². The topological polar surface area (TPSA) is 29.9 Å². The first-order valence-corrected chi connectivity index (χ1v) is 5.02. The van der Waals surface area contributed by atoms with E-state index in [1.54, 1.807) is 0 Å². The average Bonchev–Trinajstić information content (AvgIpc) is 2.71. The van der Waals surface area contributed by atoms with Crippen molar-refractivity contribution < 1.29 is 0 Å². The van der Waals surface area contributed by atoms with E-state index in [2.05, 4.69) is 28.0 Å². The molecule has 0 aliphatic heterocycles. The average molecular weight is 179 g/mol. The van der Waals surface area contributed by atoms with Gasteiger partial charge in [0.2, 0.25) is 5.95 Å². The van der Waals surface area contributed by atoms with Gasteiger partial charge < -0.3 is 9.88 Å². The van der Waals surface area contributed by atoms with E-state index in [1.807, 2.05) is 13.2 Å². The Morgan fingerprint density at radius 2 is 2.38 bits per heavy atom. The maximum absolute atomic E-state index is 4.26. The normalized spacial score (nSPS) is 27.8. The summed E-state index contributed by atoms with van der Waals surface area (Å²) in [7, 11) is 1.93. The molecule has 72 valence electrons. The number of rotatable bonds is 2. The molecule has 1 aliphatic carbocycles. The molecule has 0 saturated heterocycles. The molecule has 0 bridgehead atoms. The van der Waals surface area contributed by atoms with Crippen LogP contribution in [0.15, 0.2) is 12.4 Å². The van der Waals surface area contributed by atoms with Crippen molar-refractivity contribution in [1.82, 2.24) is 9.55 Å². The minimum Gasteiger partial charge on any atom is -0.359 e. The lowest BCUT2D eigenvalue weighted by Crippen LogP contribution is -2.08. The predicted molar refractivity (Wildman–Crippen MR) is 53.8 cm³/mol. The molecular weight excluding hydrogens is 162 g/mol. The summed E-state index contributed by atoms with van der Waals surface area (Å²) < 4.78 is 2.27. The molecule has 3 nitrogen and oxygen atoms in total. The first-order chi connectivity index (χ1) is 6.31. The molecule has 2 rings (SSSR count). The number of imidazole rings is 1. The summed E-state index contributed by atoms with van der Waals surface area (Å²) in [5.74, 6) is 1.87. The number of hydrogen-bond donors (Lipinski definition) is 1. The molecule has 2 atom stereocenters. The second-order valence-corrected chi connectivity index (χ2v) is 3.98. The Hall–Kier alpha value is -0.990. The Labute approximate surface area is 79.2 Å². The summed E-state index contributed by atoms with van der Waals surface area (Å²) in [6.07, 6.45) is 7.90. The number of nitrogens with one attached hydrogen (secondary N) is 1. The van der Waals surface area contributed by atoms with Gasteiger partial charge in [0.1, 0.15) is 0 Å². The lowest BCUT2D eigenvalue weighted by Gasteiger charge is -2.14. The minimum atomic E-state index is 0.667. The van der Waals surface area contributed by atoms with Gasteiger partial charge in [-0.2, -0.15) is 0 Å². The minimum absolute atomic E-state index is 0.667. The zero-order valence-electron chi connectivity index (χ0n) is 8.33. The molecule has 0 aromatic carbocycles. The van der Waals surface area contributed by atoms with Crippen LogP contribution in [0.5, 0.6) is 0 Å². The molecule has 2 unspecified atom stereocenters. The van der Waals surface area contributed by atoms with E-state index >= 15 is 0 Å². The number of aromatic nitrogens is 2. The maximum Gasteiger partial charge on any atom is 0.202 e. The van der Waals surface area contributed by atoms with E-state index in [4.69, 9.17) is 0 Å². The molecule has 1 fully saturated rings. The predicted octanol–water partition coefficient (Wildman–Crippen LogP) is 2.29. The molecule has 3 heteroatoms. The van der Waals surface area contributed by atoms with Crippen molar-refractivity contribution in [3.63, 3.8) is 0 Å². The summed E-state index contributed by atoms with van der Waals surface area (Å²) in [5, 5.41) is 3.12. The molecule has 1 heterocycles. The van der Waals surface area contributed by atoms with E-state index < -0.39 is 0 Å². The van der Waals surface area contributed by atoms with Gasteiger partial charge >= 0.3 is 0 Å². The fraction of sp³-hybridized carbons (Fsp3) is 0.700. The van der Waals surface area contributed by atoms with Crippen molar-refractivity contribution in [2.75, 3.05) is 12.4 Å². The first kappa shape index (κ1) is 8.60.